The van der Waals surface area contributed by atoms with Crippen LogP contribution in [0.3, 0.4) is 0 Å². The summed E-state index contributed by atoms with van der Waals surface area (Å²) >= 11 is 0. The number of aromatic nitrogens is 8. The molecular weight excluding hydrogens is 773 g/mol. The molecule has 4 saturated heterocycles. The van der Waals surface area contributed by atoms with Gasteiger partial charge in [-0.3, -0.25) is 14.6 Å². The first-order valence-corrected chi connectivity index (χ1v) is 20.5. The van der Waals surface area contributed by atoms with Crippen LogP contribution in [-0.2, 0) is 20.9 Å². The number of pyridine rings is 2. The number of anilines is 3. The Kier molecular flexibility index (Phi) is 8.51. The molecule has 0 radical (unpaired) electrons. The molecule has 1 aromatic carbocycles. The molecule has 18 heteroatoms. The zero-order valence-electron chi connectivity index (χ0n) is 33.4. The highest BCUT2D eigenvalue weighted by Crippen LogP contribution is 2.42. The lowest BCUT2D eigenvalue weighted by atomic mass is 9.92. The number of methoxy groups -OCH3 is 1. The van der Waals surface area contributed by atoms with E-state index in [1.165, 1.54) is 16.8 Å². The van der Waals surface area contributed by atoms with E-state index in [9.17, 15) is 14.0 Å². The molecule has 0 spiro atoms. The molecule has 6 bridgehead atoms. The second kappa shape index (κ2) is 13.9. The van der Waals surface area contributed by atoms with Gasteiger partial charge in [0.1, 0.15) is 40.7 Å². The number of nitrogens with one attached hydrogen (secondary N) is 1. The summed E-state index contributed by atoms with van der Waals surface area (Å²) in [5, 5.41) is 8.70. The van der Waals surface area contributed by atoms with Gasteiger partial charge in [-0.1, -0.05) is 6.07 Å². The van der Waals surface area contributed by atoms with Gasteiger partial charge in [-0.15, -0.1) is 0 Å². The molecule has 1 aliphatic carbocycles. The van der Waals surface area contributed by atoms with Crippen molar-refractivity contribution in [3.63, 3.8) is 0 Å². The molecule has 310 valence electrons. The number of amides is 2. The maximum absolute atomic E-state index is 15.5. The van der Waals surface area contributed by atoms with Crippen LogP contribution in [-0.4, -0.2) is 131 Å². The molecule has 12 rings (SSSR count). The SMILES string of the molecule is CO[C@H]1CN(C)C(=O)[C@@H]2C[C@@H](CN2c2nc(N3C4CC(=O)N(C5CC5)CC3C4)nc3c2cnn3-c2ccc(F)cc2F)Nc2cccc(n2)-c2nccc3nc(C)n(c23)C1.[HH]. The molecule has 60 heavy (non-hydrogen) atoms. The number of hydrogen-bond donors (Lipinski definition) is 1. The van der Waals surface area contributed by atoms with Crippen molar-refractivity contribution in [1.29, 1.82) is 0 Å². The van der Waals surface area contributed by atoms with E-state index in [1.807, 2.05) is 41.0 Å². The van der Waals surface area contributed by atoms with Crippen LogP contribution in [0.15, 0.2) is 54.9 Å². The third kappa shape index (κ3) is 6.01. The summed E-state index contributed by atoms with van der Waals surface area (Å²) in [7, 11) is 3.43. The number of likely N-dealkylation sites (N-methyl/N-ethyl adjacent to an activating group) is 1. The zero-order valence-corrected chi connectivity index (χ0v) is 33.4. The fourth-order valence-electron chi connectivity index (χ4n) is 9.74. The number of benzene rings is 1. The number of rotatable bonds is 5. The highest BCUT2D eigenvalue weighted by atomic mass is 19.1. The predicted octanol–water partition coefficient (Wildman–Crippen LogP) is 4.34. The van der Waals surface area contributed by atoms with Crippen molar-refractivity contribution in [3.05, 3.63) is 72.3 Å². The molecule has 5 aromatic heterocycles. The van der Waals surface area contributed by atoms with Crippen molar-refractivity contribution in [2.24, 2.45) is 0 Å². The Bertz CT molecular complexity index is 2730. The minimum atomic E-state index is -0.801. The normalized spacial score (nSPS) is 24.4. The molecule has 6 aliphatic rings. The van der Waals surface area contributed by atoms with Crippen molar-refractivity contribution < 1.29 is 24.5 Å². The quantitative estimate of drug-likeness (QED) is 0.263. The van der Waals surface area contributed by atoms with E-state index < -0.39 is 23.8 Å². The highest BCUT2D eigenvalue weighted by Gasteiger charge is 2.49. The summed E-state index contributed by atoms with van der Waals surface area (Å²) < 4.78 is 39.1. The summed E-state index contributed by atoms with van der Waals surface area (Å²) in [4.78, 5) is 61.0. The first-order chi connectivity index (χ1) is 29.1. The number of carbonyl (C=O) groups excluding carboxylic acids is 2. The van der Waals surface area contributed by atoms with Crippen LogP contribution in [0.1, 0.15) is 39.4 Å². The zero-order chi connectivity index (χ0) is 41.0. The third-order valence-electron chi connectivity index (χ3n) is 12.8. The highest BCUT2D eigenvalue weighted by molar-refractivity contribution is 5.94. The first-order valence-electron chi connectivity index (χ1n) is 20.5. The Morgan fingerprint density at radius 2 is 1.78 bits per heavy atom. The van der Waals surface area contributed by atoms with Gasteiger partial charge in [-0.05, 0) is 62.9 Å². The van der Waals surface area contributed by atoms with Crippen LogP contribution in [0, 0.1) is 18.6 Å². The number of aryl methyl sites for hydroxylation is 1. The Morgan fingerprint density at radius 1 is 0.917 bits per heavy atom. The molecular formula is C42H45F2N13O3. The number of carbonyl (C=O) groups is 2. The van der Waals surface area contributed by atoms with Gasteiger partial charge in [-0.2, -0.15) is 15.1 Å². The van der Waals surface area contributed by atoms with E-state index in [4.69, 9.17) is 29.7 Å². The van der Waals surface area contributed by atoms with Crippen molar-refractivity contribution in [2.45, 2.75) is 81.9 Å². The summed E-state index contributed by atoms with van der Waals surface area (Å²) in [6, 6.07) is 10.2. The summed E-state index contributed by atoms with van der Waals surface area (Å²) in [6.07, 6.45) is 6.49. The second-order valence-electron chi connectivity index (χ2n) is 16.7. The first kappa shape index (κ1) is 36.8. The third-order valence-corrected chi connectivity index (χ3v) is 12.8. The van der Waals surface area contributed by atoms with E-state index in [0.717, 1.165) is 42.2 Å². The average molecular weight is 818 g/mol. The van der Waals surface area contributed by atoms with Gasteiger partial charge < -0.3 is 34.2 Å². The van der Waals surface area contributed by atoms with Gasteiger partial charge in [0.25, 0.3) is 0 Å². The van der Waals surface area contributed by atoms with Crippen LogP contribution in [0.2, 0.25) is 0 Å². The molecule has 2 amide bonds. The van der Waals surface area contributed by atoms with Crippen LogP contribution in [0.4, 0.5) is 26.4 Å². The van der Waals surface area contributed by atoms with E-state index in [2.05, 4.69) is 19.9 Å². The number of ether oxygens (including phenoxy) is 1. The smallest absolute Gasteiger partial charge is 0.245 e. The number of imidazole rings is 1. The second-order valence-corrected chi connectivity index (χ2v) is 16.7. The number of hydrogen-bond acceptors (Lipinski definition) is 12. The molecule has 2 unspecified atom stereocenters. The minimum absolute atomic E-state index is 0. The van der Waals surface area contributed by atoms with Gasteiger partial charge in [0, 0.05) is 72.0 Å². The average Bonchev–Trinajstić information content (AvgIpc) is 3.82. The number of halogens is 2. The fraction of sp³-hybridized carbons (Fsp3) is 0.429. The molecule has 5 atom stereocenters. The molecule has 6 aromatic rings. The van der Waals surface area contributed by atoms with Gasteiger partial charge in [-0.25, -0.2) is 23.4 Å². The van der Waals surface area contributed by atoms with Crippen LogP contribution < -0.4 is 15.1 Å². The van der Waals surface area contributed by atoms with E-state index in [0.29, 0.717) is 72.5 Å². The number of fused-ring (bicyclic) bond motifs is 9. The number of nitrogens with zero attached hydrogens (tertiary/aromatic N) is 12. The largest absolute Gasteiger partial charge is 0.378 e. The molecule has 5 aliphatic heterocycles. The topological polar surface area (TPSA) is 156 Å². The van der Waals surface area contributed by atoms with Crippen molar-refractivity contribution >= 4 is 51.5 Å². The maximum Gasteiger partial charge on any atom is 0.245 e. The molecule has 1 N–H and O–H groups in total. The van der Waals surface area contributed by atoms with Gasteiger partial charge in [0.2, 0.25) is 17.8 Å². The van der Waals surface area contributed by atoms with Crippen LogP contribution >= 0.6 is 0 Å². The van der Waals surface area contributed by atoms with E-state index >= 15 is 4.39 Å². The van der Waals surface area contributed by atoms with Crippen LogP contribution in [0.25, 0.3) is 39.1 Å². The Morgan fingerprint density at radius 3 is 2.60 bits per heavy atom. The van der Waals surface area contributed by atoms with Crippen molar-refractivity contribution in [3.8, 4) is 17.1 Å². The summed E-state index contributed by atoms with van der Waals surface area (Å²) in [6.45, 7) is 3.57. The van der Waals surface area contributed by atoms with Gasteiger partial charge in [0.05, 0.1) is 47.0 Å². The van der Waals surface area contributed by atoms with E-state index in [-0.39, 0.29) is 49.6 Å². The minimum Gasteiger partial charge on any atom is -0.378 e. The lowest BCUT2D eigenvalue weighted by Crippen LogP contribution is -2.58. The van der Waals surface area contributed by atoms with E-state index in [1.54, 1.807) is 31.5 Å². The molecule has 1 saturated carbocycles. The Balaban J connectivity index is 0.00000445. The van der Waals surface area contributed by atoms with Crippen molar-refractivity contribution in [2.75, 3.05) is 48.9 Å². The fourth-order valence-corrected chi connectivity index (χ4v) is 9.74. The maximum atomic E-state index is 15.5. The van der Waals surface area contributed by atoms with Crippen LogP contribution in [0.5, 0.6) is 0 Å². The summed E-state index contributed by atoms with van der Waals surface area (Å²) in [5.41, 5.74) is 3.32. The lowest BCUT2D eigenvalue weighted by Gasteiger charge is -2.47. The monoisotopic (exact) mass is 817 g/mol. The predicted molar refractivity (Wildman–Crippen MR) is 220 cm³/mol. The Hall–Kier alpha value is -6.30. The van der Waals surface area contributed by atoms with Gasteiger partial charge >= 0.3 is 0 Å². The van der Waals surface area contributed by atoms with Crippen molar-refractivity contribution in [1.82, 2.24) is 49.1 Å². The molecule has 10 heterocycles. The lowest BCUT2D eigenvalue weighted by molar-refractivity contribution is -0.133. The molecule has 5 fully saturated rings. The summed E-state index contributed by atoms with van der Waals surface area (Å²) in [5.74, 6) is 0.709. The standard InChI is InChI=1S/C42H43F2N13O3.H2/c1-22-47-32-11-12-45-37-31-5-4-6-35(49-31)48-24-14-34(41(59)52(2)20-28(60-3)21-53(22)38(32)37)55(18-24)39-29-17-46-57(33-10-7-23(43)13-30(33)44)40(29)51-42(50-39)56-26-15-27(56)19-54(25-8-9-25)36(58)16-26;/h4-7,10-13,17,24-28,34H,8-9,14-16,18-21H2,1-3H3,(H,48,49);1H/t24-,26?,27?,28-,34-;/m0./s1. The Labute approximate surface area is 344 Å². The molecule has 16 nitrogen and oxygen atoms in total. The van der Waals surface area contributed by atoms with Gasteiger partial charge in [0.15, 0.2) is 11.5 Å².